The number of benzene rings is 2. The normalized spacial score (nSPS) is 12.6. The predicted octanol–water partition coefficient (Wildman–Crippen LogP) is 4.89. The van der Waals surface area contributed by atoms with Crippen molar-refractivity contribution in [3.63, 3.8) is 0 Å². The van der Waals surface area contributed by atoms with Crippen molar-refractivity contribution >= 4 is 46.0 Å². The van der Waals surface area contributed by atoms with Gasteiger partial charge in [0, 0.05) is 73.8 Å². The summed E-state index contributed by atoms with van der Waals surface area (Å²) in [7, 11) is 8.54. The Kier molecular flexibility index (Phi) is 8.58. The number of esters is 1. The number of nitro groups is 1. The smallest absolute Gasteiger partial charge is 0.330 e. The van der Waals surface area contributed by atoms with Crippen LogP contribution in [0, 0.1) is 10.1 Å². The van der Waals surface area contributed by atoms with Gasteiger partial charge >= 0.3 is 5.97 Å². The second-order valence-electron chi connectivity index (χ2n) is 10.7. The lowest BCUT2D eigenvalue weighted by Crippen LogP contribution is -2.28. The lowest BCUT2D eigenvalue weighted by molar-refractivity contribution is -0.384. The number of ether oxygens (including phenoxy) is 2. The third-order valence-corrected chi connectivity index (χ3v) is 7.53. The van der Waals surface area contributed by atoms with Crippen LogP contribution < -0.4 is 15.0 Å². The zero-order valence-electron chi connectivity index (χ0n) is 25.0. The summed E-state index contributed by atoms with van der Waals surface area (Å²) in [6.45, 7) is 2.21. The summed E-state index contributed by atoms with van der Waals surface area (Å²) in [6.07, 6.45) is 8.70. The topological polar surface area (TPSA) is 128 Å². The van der Waals surface area contributed by atoms with Crippen LogP contribution in [0.3, 0.4) is 0 Å². The molecule has 0 saturated carbocycles. The van der Waals surface area contributed by atoms with Gasteiger partial charge in [0.15, 0.2) is 0 Å². The van der Waals surface area contributed by atoms with E-state index in [0.717, 1.165) is 36.9 Å². The maximum atomic E-state index is 12.1. The number of nitrogens with zero attached hydrogens (tertiary/aromatic N) is 6. The van der Waals surface area contributed by atoms with Crippen molar-refractivity contribution in [2.75, 3.05) is 58.7 Å². The van der Waals surface area contributed by atoms with Gasteiger partial charge in [-0.15, -0.1) is 0 Å². The van der Waals surface area contributed by atoms with E-state index in [-0.39, 0.29) is 11.6 Å². The van der Waals surface area contributed by atoms with Gasteiger partial charge in [-0.25, -0.2) is 14.8 Å². The Bertz CT molecular complexity index is 1710. The van der Waals surface area contributed by atoms with Gasteiger partial charge in [0.2, 0.25) is 5.95 Å². The molecule has 2 aromatic carbocycles. The van der Waals surface area contributed by atoms with E-state index in [4.69, 9.17) is 14.5 Å². The average molecular weight is 586 g/mol. The molecule has 0 saturated heterocycles. The van der Waals surface area contributed by atoms with Gasteiger partial charge in [0.1, 0.15) is 11.4 Å². The highest BCUT2D eigenvalue weighted by Crippen LogP contribution is 2.40. The first-order chi connectivity index (χ1) is 20.7. The molecule has 0 amide bonds. The van der Waals surface area contributed by atoms with E-state index in [2.05, 4.69) is 33.2 Å². The third kappa shape index (κ3) is 6.14. The fourth-order valence-corrected chi connectivity index (χ4v) is 5.33. The van der Waals surface area contributed by atoms with Crippen LogP contribution in [-0.2, 0) is 22.5 Å². The Morgan fingerprint density at radius 3 is 2.74 bits per heavy atom. The summed E-state index contributed by atoms with van der Waals surface area (Å²) in [5, 5.41) is 16.3. The number of anilines is 3. The zero-order chi connectivity index (χ0) is 30.7. The van der Waals surface area contributed by atoms with Gasteiger partial charge in [-0.2, -0.15) is 0 Å². The van der Waals surface area contributed by atoms with Crippen molar-refractivity contribution in [1.29, 1.82) is 0 Å². The van der Waals surface area contributed by atoms with Crippen LogP contribution in [0.4, 0.5) is 23.0 Å². The van der Waals surface area contributed by atoms with Crippen LogP contribution in [0.5, 0.6) is 5.75 Å². The summed E-state index contributed by atoms with van der Waals surface area (Å²) in [5.41, 5.74) is 5.29. The van der Waals surface area contributed by atoms with Crippen LogP contribution in [-0.4, -0.2) is 78.8 Å². The Balaban J connectivity index is 1.59. The summed E-state index contributed by atoms with van der Waals surface area (Å²) >= 11 is 0. The molecule has 0 atom stereocenters. The van der Waals surface area contributed by atoms with Crippen molar-refractivity contribution < 1.29 is 19.2 Å². The first-order valence-corrected chi connectivity index (χ1v) is 13.9. The number of methoxy groups -OCH3 is 2. The first kappa shape index (κ1) is 29.5. The Morgan fingerprint density at radius 2 is 2.02 bits per heavy atom. The molecule has 1 aliphatic heterocycles. The quantitative estimate of drug-likeness (QED) is 0.112. The van der Waals surface area contributed by atoms with E-state index in [1.54, 1.807) is 18.3 Å². The van der Waals surface area contributed by atoms with Crippen LogP contribution in [0.25, 0.3) is 28.2 Å². The SMILES string of the molecule is COC(=O)C=Cc1cnc(Nc2cc([N+](=O)[O-])c(N(C)CCN(C)C)cc2OC)nc1-c1cn2c3c(cccc13)CCC2. The second-order valence-corrected chi connectivity index (χ2v) is 10.7. The van der Waals surface area contributed by atoms with E-state index in [0.29, 0.717) is 34.9 Å². The fraction of sp³-hybridized carbons (Fsp3) is 0.323. The van der Waals surface area contributed by atoms with Gasteiger partial charge in [0.05, 0.1) is 36.0 Å². The molecule has 4 aromatic rings. The lowest BCUT2D eigenvalue weighted by Gasteiger charge is -2.22. The minimum Gasteiger partial charge on any atom is -0.494 e. The Morgan fingerprint density at radius 1 is 1.21 bits per heavy atom. The molecule has 1 N–H and O–H groups in total. The number of likely N-dealkylation sites (N-methyl/N-ethyl adjacent to an activating group) is 2. The molecule has 5 rings (SSSR count). The van der Waals surface area contributed by atoms with Gasteiger partial charge in [-0.1, -0.05) is 18.2 Å². The number of nitrogens with one attached hydrogen (secondary N) is 1. The van der Waals surface area contributed by atoms with Crippen molar-refractivity contribution in [3.05, 3.63) is 70.0 Å². The van der Waals surface area contributed by atoms with Crippen LogP contribution in [0.1, 0.15) is 17.5 Å². The molecule has 0 unspecified atom stereocenters. The number of hydrogen-bond acceptors (Lipinski definition) is 10. The van der Waals surface area contributed by atoms with E-state index < -0.39 is 10.9 Å². The number of aryl methyl sites for hydroxylation is 2. The molecule has 0 fully saturated rings. The van der Waals surface area contributed by atoms with E-state index in [1.165, 1.54) is 37.4 Å². The zero-order valence-corrected chi connectivity index (χ0v) is 25.0. The average Bonchev–Trinajstić information content (AvgIpc) is 3.38. The van der Waals surface area contributed by atoms with Crippen LogP contribution >= 0.6 is 0 Å². The molecule has 0 bridgehead atoms. The highest BCUT2D eigenvalue weighted by atomic mass is 16.6. The highest BCUT2D eigenvalue weighted by molar-refractivity contribution is 5.99. The maximum Gasteiger partial charge on any atom is 0.330 e. The minimum absolute atomic E-state index is 0.0728. The maximum absolute atomic E-state index is 12.1. The van der Waals surface area contributed by atoms with Crippen molar-refractivity contribution in [2.45, 2.75) is 19.4 Å². The van der Waals surface area contributed by atoms with E-state index in [1.807, 2.05) is 37.0 Å². The Labute approximate surface area is 249 Å². The molecule has 43 heavy (non-hydrogen) atoms. The van der Waals surface area contributed by atoms with E-state index >= 15 is 0 Å². The number of hydrogen-bond donors (Lipinski definition) is 1. The molecule has 2 aromatic heterocycles. The minimum atomic E-state index is -0.497. The number of rotatable bonds is 11. The molecular formula is C31H35N7O5. The summed E-state index contributed by atoms with van der Waals surface area (Å²) < 4.78 is 12.7. The molecule has 1 aliphatic rings. The summed E-state index contributed by atoms with van der Waals surface area (Å²) in [5.74, 6) is 0.131. The molecule has 0 radical (unpaired) electrons. The molecule has 3 heterocycles. The Hall–Kier alpha value is -4.97. The molecule has 224 valence electrons. The van der Waals surface area contributed by atoms with Gasteiger partial charge in [-0.3, -0.25) is 10.1 Å². The van der Waals surface area contributed by atoms with Crippen molar-refractivity contribution in [1.82, 2.24) is 19.4 Å². The number of para-hydroxylation sites is 1. The third-order valence-electron chi connectivity index (χ3n) is 7.53. The number of nitro benzene ring substituents is 1. The summed E-state index contributed by atoms with van der Waals surface area (Å²) in [4.78, 5) is 36.8. The van der Waals surface area contributed by atoms with Crippen LogP contribution in [0.15, 0.2) is 48.8 Å². The standard InChI is InChI=1S/C31H35N7O5/c1-35(2)14-15-36(3)25-17-27(42-4)24(16-26(25)38(40)41)33-31-32-18-21(11-12-28(39)43-5)29(34-31)23-19-37-13-7-9-20-8-6-10-22(23)30(20)37/h6,8,10-12,16-19H,7,9,13-15H2,1-5H3,(H,32,33,34). The molecule has 12 heteroatoms. The lowest BCUT2D eigenvalue weighted by atomic mass is 10.0. The summed E-state index contributed by atoms with van der Waals surface area (Å²) in [6, 6.07) is 9.34. The van der Waals surface area contributed by atoms with E-state index in [9.17, 15) is 14.9 Å². The second kappa shape index (κ2) is 12.5. The number of aromatic nitrogens is 3. The molecule has 0 spiro atoms. The monoisotopic (exact) mass is 585 g/mol. The first-order valence-electron chi connectivity index (χ1n) is 13.9. The molecule has 0 aliphatic carbocycles. The predicted molar refractivity (Wildman–Crippen MR) is 167 cm³/mol. The van der Waals surface area contributed by atoms with Gasteiger partial charge < -0.3 is 29.2 Å². The van der Waals surface area contributed by atoms with Gasteiger partial charge in [0.25, 0.3) is 5.69 Å². The molecular weight excluding hydrogens is 550 g/mol. The highest BCUT2D eigenvalue weighted by Gasteiger charge is 2.24. The largest absolute Gasteiger partial charge is 0.494 e. The number of carbonyl (C=O) groups is 1. The molecule has 12 nitrogen and oxygen atoms in total. The van der Waals surface area contributed by atoms with Crippen molar-refractivity contribution in [2.24, 2.45) is 0 Å². The fourth-order valence-electron chi connectivity index (χ4n) is 5.33. The number of carbonyl (C=O) groups excluding carboxylic acids is 1. The van der Waals surface area contributed by atoms with Crippen molar-refractivity contribution in [3.8, 4) is 17.0 Å². The van der Waals surface area contributed by atoms with Gasteiger partial charge in [-0.05, 0) is 38.6 Å². The van der Waals surface area contributed by atoms with Crippen LogP contribution in [0.2, 0.25) is 0 Å².